The van der Waals surface area contributed by atoms with E-state index in [1.54, 1.807) is 33.5 Å². The van der Waals surface area contributed by atoms with E-state index in [1.165, 1.54) is 0 Å². The van der Waals surface area contributed by atoms with Crippen LogP contribution in [0.1, 0.15) is 18.4 Å². The van der Waals surface area contributed by atoms with Gasteiger partial charge in [-0.2, -0.15) is 0 Å². The monoisotopic (exact) mass is 332 g/mol. The predicted molar refractivity (Wildman–Crippen MR) is 88.3 cm³/mol. The molecule has 0 unspecified atom stereocenters. The van der Waals surface area contributed by atoms with E-state index in [2.05, 4.69) is 5.32 Å². The molecule has 0 atom stereocenters. The van der Waals surface area contributed by atoms with E-state index in [1.807, 2.05) is 0 Å². The highest BCUT2D eigenvalue weighted by atomic mass is 35.5. The van der Waals surface area contributed by atoms with Gasteiger partial charge in [0.1, 0.15) is 17.2 Å². The van der Waals surface area contributed by atoms with Crippen LogP contribution in [0.4, 0.5) is 0 Å². The fraction of sp³-hybridized carbons (Fsp3) is 0.533. The zero-order valence-electron chi connectivity index (χ0n) is 13.3. The fourth-order valence-corrected chi connectivity index (χ4v) is 2.00. The van der Waals surface area contributed by atoms with Crippen molar-refractivity contribution in [3.8, 4) is 17.2 Å². The normalized spacial score (nSPS) is 9.64. The summed E-state index contributed by atoms with van der Waals surface area (Å²) in [6.45, 7) is 1.04. The highest BCUT2D eigenvalue weighted by Gasteiger charge is 2.13. The molecule has 0 aliphatic carbocycles. The van der Waals surface area contributed by atoms with Crippen LogP contribution in [0.15, 0.2) is 12.1 Å². The van der Waals surface area contributed by atoms with Crippen LogP contribution in [-0.2, 0) is 11.2 Å². The van der Waals surface area contributed by atoms with E-state index in [9.17, 15) is 4.79 Å². The summed E-state index contributed by atoms with van der Waals surface area (Å²) in [5.74, 6) is 2.04. The van der Waals surface area contributed by atoms with Gasteiger partial charge in [-0.05, 0) is 19.4 Å². The van der Waals surface area contributed by atoms with Gasteiger partial charge in [0.25, 0.3) is 0 Å². The number of nitrogens with two attached hydrogens (primary N) is 1. The third-order valence-corrected chi connectivity index (χ3v) is 3.12. The maximum atomic E-state index is 11.6. The third kappa shape index (κ3) is 5.99. The zero-order chi connectivity index (χ0) is 15.7. The molecule has 0 spiro atoms. The summed E-state index contributed by atoms with van der Waals surface area (Å²) >= 11 is 0. The smallest absolute Gasteiger partial charge is 0.220 e. The topological polar surface area (TPSA) is 82.8 Å². The number of ether oxygens (including phenoxy) is 3. The number of hydrogen-bond acceptors (Lipinski definition) is 5. The Kier molecular flexibility index (Phi) is 10.2. The second-order valence-corrected chi connectivity index (χ2v) is 4.50. The fourth-order valence-electron chi connectivity index (χ4n) is 2.00. The molecule has 3 N–H and O–H groups in total. The lowest BCUT2D eigenvalue weighted by atomic mass is 10.1. The van der Waals surface area contributed by atoms with Gasteiger partial charge < -0.3 is 25.3 Å². The van der Waals surface area contributed by atoms with Gasteiger partial charge in [-0.15, -0.1) is 12.4 Å². The summed E-state index contributed by atoms with van der Waals surface area (Å²) in [4.78, 5) is 11.6. The molecule has 1 rings (SSSR count). The van der Waals surface area contributed by atoms with Crippen molar-refractivity contribution in [2.24, 2.45) is 5.73 Å². The van der Waals surface area contributed by atoms with E-state index in [0.717, 1.165) is 5.56 Å². The lowest BCUT2D eigenvalue weighted by Crippen LogP contribution is -2.26. The Balaban J connectivity index is 0.00000441. The lowest BCUT2D eigenvalue weighted by Gasteiger charge is -2.15. The first-order valence-corrected chi connectivity index (χ1v) is 6.91. The minimum absolute atomic E-state index is 0. The molecular weight excluding hydrogens is 308 g/mol. The average Bonchev–Trinajstić information content (AvgIpc) is 2.52. The summed E-state index contributed by atoms with van der Waals surface area (Å²) in [7, 11) is 4.78. The van der Waals surface area contributed by atoms with Crippen LogP contribution in [0.3, 0.4) is 0 Å². The molecule has 126 valence electrons. The highest BCUT2D eigenvalue weighted by molar-refractivity contribution is 5.85. The van der Waals surface area contributed by atoms with Crippen molar-refractivity contribution in [1.82, 2.24) is 5.32 Å². The van der Waals surface area contributed by atoms with Crippen molar-refractivity contribution in [1.29, 1.82) is 0 Å². The molecule has 0 radical (unpaired) electrons. The van der Waals surface area contributed by atoms with Gasteiger partial charge in [0.2, 0.25) is 5.91 Å². The summed E-state index contributed by atoms with van der Waals surface area (Å²) in [5.41, 5.74) is 6.28. The molecule has 0 aliphatic heterocycles. The molecule has 0 bridgehead atoms. The Morgan fingerprint density at radius 1 is 1.14 bits per heavy atom. The number of nitrogens with one attached hydrogen (secondary N) is 1. The molecule has 0 fully saturated rings. The zero-order valence-corrected chi connectivity index (χ0v) is 14.1. The summed E-state index contributed by atoms with van der Waals surface area (Å²) in [6, 6.07) is 3.60. The number of carbonyl (C=O) groups excluding carboxylic acids is 1. The Bertz CT molecular complexity index is 444. The first kappa shape index (κ1) is 20.3. The molecule has 0 heterocycles. The molecule has 7 heteroatoms. The van der Waals surface area contributed by atoms with Crippen molar-refractivity contribution in [2.45, 2.75) is 19.3 Å². The molecular formula is C15H25ClN2O4. The second-order valence-electron chi connectivity index (χ2n) is 4.50. The maximum absolute atomic E-state index is 11.6. The number of hydrogen-bond donors (Lipinski definition) is 2. The van der Waals surface area contributed by atoms with Gasteiger partial charge in [-0.25, -0.2) is 0 Å². The van der Waals surface area contributed by atoms with Crippen LogP contribution >= 0.6 is 12.4 Å². The van der Waals surface area contributed by atoms with Crippen molar-refractivity contribution >= 4 is 18.3 Å². The van der Waals surface area contributed by atoms with Gasteiger partial charge in [0.15, 0.2) is 0 Å². The maximum Gasteiger partial charge on any atom is 0.220 e. The van der Waals surface area contributed by atoms with Crippen LogP contribution in [0, 0.1) is 0 Å². The van der Waals surface area contributed by atoms with Crippen molar-refractivity contribution in [2.75, 3.05) is 34.4 Å². The standard InChI is InChI=1S/C15H24N2O4.ClH/c1-19-11-9-13(20-2)12(14(10-11)21-3)6-8-17-15(18)5-4-7-16;/h9-10H,4-8,16H2,1-3H3,(H,17,18);1H. The van der Waals surface area contributed by atoms with Gasteiger partial charge in [-0.3, -0.25) is 4.79 Å². The van der Waals surface area contributed by atoms with Crippen molar-refractivity contribution < 1.29 is 19.0 Å². The van der Waals surface area contributed by atoms with Crippen molar-refractivity contribution in [3.63, 3.8) is 0 Å². The number of halogens is 1. The minimum Gasteiger partial charge on any atom is -0.496 e. The highest BCUT2D eigenvalue weighted by Crippen LogP contribution is 2.34. The van der Waals surface area contributed by atoms with Crippen LogP contribution < -0.4 is 25.3 Å². The molecule has 1 amide bonds. The molecule has 22 heavy (non-hydrogen) atoms. The van der Waals surface area contributed by atoms with Gasteiger partial charge in [-0.1, -0.05) is 0 Å². The van der Waals surface area contributed by atoms with E-state index >= 15 is 0 Å². The average molecular weight is 333 g/mol. The van der Waals surface area contributed by atoms with Crippen LogP contribution in [-0.4, -0.2) is 40.3 Å². The molecule has 0 aromatic heterocycles. The van der Waals surface area contributed by atoms with E-state index in [-0.39, 0.29) is 18.3 Å². The Morgan fingerprint density at radius 3 is 2.18 bits per heavy atom. The first-order valence-electron chi connectivity index (χ1n) is 6.91. The number of rotatable bonds is 9. The third-order valence-electron chi connectivity index (χ3n) is 3.12. The molecule has 0 saturated carbocycles. The predicted octanol–water partition coefficient (Wildman–Crippen LogP) is 1.53. The van der Waals surface area contributed by atoms with Gasteiger partial charge in [0.05, 0.1) is 21.3 Å². The van der Waals surface area contributed by atoms with E-state index < -0.39 is 0 Å². The molecule has 1 aromatic carbocycles. The van der Waals surface area contributed by atoms with E-state index in [4.69, 9.17) is 19.9 Å². The second kappa shape index (κ2) is 11.0. The number of methoxy groups -OCH3 is 3. The summed E-state index contributed by atoms with van der Waals surface area (Å²) < 4.78 is 15.9. The Hall–Kier alpha value is -1.66. The molecule has 1 aromatic rings. The number of carbonyl (C=O) groups is 1. The summed E-state index contributed by atoms with van der Waals surface area (Å²) in [6.07, 6.45) is 1.76. The lowest BCUT2D eigenvalue weighted by molar-refractivity contribution is -0.121. The minimum atomic E-state index is 0. The Labute approximate surface area is 137 Å². The summed E-state index contributed by atoms with van der Waals surface area (Å²) in [5, 5.41) is 2.86. The SMILES string of the molecule is COc1cc(OC)c(CCNC(=O)CCCN)c(OC)c1.Cl. The van der Waals surface area contributed by atoms with Crippen LogP contribution in [0.25, 0.3) is 0 Å². The van der Waals surface area contributed by atoms with Crippen LogP contribution in [0.5, 0.6) is 17.2 Å². The molecule has 6 nitrogen and oxygen atoms in total. The first-order chi connectivity index (χ1) is 10.2. The van der Waals surface area contributed by atoms with E-state index in [0.29, 0.717) is 49.6 Å². The van der Waals surface area contributed by atoms with Crippen LogP contribution in [0.2, 0.25) is 0 Å². The number of benzene rings is 1. The molecule has 0 aliphatic rings. The van der Waals surface area contributed by atoms with Gasteiger partial charge >= 0.3 is 0 Å². The Morgan fingerprint density at radius 2 is 1.73 bits per heavy atom. The van der Waals surface area contributed by atoms with Gasteiger partial charge in [0, 0.05) is 30.7 Å². The largest absolute Gasteiger partial charge is 0.496 e. The number of amides is 1. The molecule has 0 saturated heterocycles. The van der Waals surface area contributed by atoms with Crippen molar-refractivity contribution in [3.05, 3.63) is 17.7 Å². The quantitative estimate of drug-likeness (QED) is 0.716.